The number of thiophene rings is 1. The summed E-state index contributed by atoms with van der Waals surface area (Å²) >= 11 is 4.67. The molecule has 2 fully saturated rings. The summed E-state index contributed by atoms with van der Waals surface area (Å²) in [6, 6.07) is 10.6. The second-order valence-electron chi connectivity index (χ2n) is 7.08. The highest BCUT2D eigenvalue weighted by Crippen LogP contribution is 2.36. The Balaban J connectivity index is 1.36. The van der Waals surface area contributed by atoms with E-state index in [0.29, 0.717) is 22.6 Å². The zero-order valence-corrected chi connectivity index (χ0v) is 17.0. The van der Waals surface area contributed by atoms with Crippen molar-refractivity contribution < 1.29 is 9.53 Å². The van der Waals surface area contributed by atoms with Gasteiger partial charge in [0.15, 0.2) is 0 Å². The molecule has 4 rings (SSSR count). The zero-order valence-electron chi connectivity index (χ0n) is 14.6. The van der Waals surface area contributed by atoms with Gasteiger partial charge in [0, 0.05) is 17.8 Å². The Morgan fingerprint density at radius 1 is 1.27 bits per heavy atom. The fraction of sp³-hybridized carbons (Fsp3) is 0.421. The molecule has 1 aromatic heterocycles. The van der Waals surface area contributed by atoms with Crippen LogP contribution < -0.4 is 15.8 Å². The van der Waals surface area contributed by atoms with Gasteiger partial charge >= 0.3 is 0 Å². The molecule has 1 amide bonds. The molecule has 1 unspecified atom stereocenters. The van der Waals surface area contributed by atoms with Crippen LogP contribution in [-0.4, -0.2) is 36.0 Å². The summed E-state index contributed by atoms with van der Waals surface area (Å²) in [6.07, 6.45) is 5.05. The molecule has 2 aromatic rings. The second-order valence-corrected chi connectivity index (χ2v) is 9.51. The summed E-state index contributed by atoms with van der Waals surface area (Å²) in [5.74, 6) is 0.661. The number of nitrogens with one attached hydrogen (secondary N) is 1. The van der Waals surface area contributed by atoms with Crippen LogP contribution in [0.3, 0.4) is 0 Å². The van der Waals surface area contributed by atoms with Gasteiger partial charge in [0.05, 0.1) is 9.47 Å². The van der Waals surface area contributed by atoms with Crippen LogP contribution in [0.15, 0.2) is 34.1 Å². The van der Waals surface area contributed by atoms with Crippen LogP contribution in [0, 0.1) is 0 Å². The van der Waals surface area contributed by atoms with Crippen LogP contribution in [0.5, 0.6) is 5.75 Å². The van der Waals surface area contributed by atoms with Crippen molar-refractivity contribution in [1.82, 2.24) is 4.90 Å². The number of carbonyl (C=O) groups excluding carboxylic acids is 1. The quantitative estimate of drug-likeness (QED) is 0.748. The Bertz CT molecular complexity index is 794. The van der Waals surface area contributed by atoms with Gasteiger partial charge in [-0.1, -0.05) is 0 Å². The molecule has 0 radical (unpaired) electrons. The van der Waals surface area contributed by atoms with Crippen molar-refractivity contribution in [2.45, 2.75) is 43.9 Å². The molecule has 3 N–H and O–H groups in total. The molecule has 0 saturated carbocycles. The maximum atomic E-state index is 12.3. The molecule has 2 aliphatic rings. The summed E-state index contributed by atoms with van der Waals surface area (Å²) < 4.78 is 7.03. The minimum atomic E-state index is -0.196. The molecule has 26 heavy (non-hydrogen) atoms. The molecule has 2 bridgehead atoms. The molecule has 5 nitrogen and oxygen atoms in total. The number of piperidine rings is 1. The molecule has 0 aliphatic carbocycles. The van der Waals surface area contributed by atoms with Gasteiger partial charge in [-0.25, -0.2) is 0 Å². The highest BCUT2D eigenvalue weighted by atomic mass is 79.9. The number of anilines is 2. The second kappa shape index (κ2) is 7.21. The molecule has 3 atom stereocenters. The fourth-order valence-corrected chi connectivity index (χ4v) is 5.44. The van der Waals surface area contributed by atoms with Crippen LogP contribution in [0.25, 0.3) is 0 Å². The molecular formula is C19H22BrN3O2S. The summed E-state index contributed by atoms with van der Waals surface area (Å²) in [4.78, 5) is 15.3. The van der Waals surface area contributed by atoms with Crippen molar-refractivity contribution in [3.05, 3.63) is 39.0 Å². The van der Waals surface area contributed by atoms with E-state index >= 15 is 0 Å². The first-order chi connectivity index (χ1) is 12.5. The molecule has 2 saturated heterocycles. The van der Waals surface area contributed by atoms with Gasteiger partial charge in [0.1, 0.15) is 16.7 Å². The monoisotopic (exact) mass is 435 g/mol. The number of fused-ring (bicyclic) bond motifs is 2. The van der Waals surface area contributed by atoms with E-state index < -0.39 is 0 Å². The molecule has 3 heterocycles. The number of hydrogen-bond donors (Lipinski definition) is 2. The number of rotatable bonds is 4. The van der Waals surface area contributed by atoms with Crippen LogP contribution in [0.2, 0.25) is 0 Å². The minimum Gasteiger partial charge on any atom is -0.490 e. The van der Waals surface area contributed by atoms with Crippen LogP contribution in [0.4, 0.5) is 11.4 Å². The van der Waals surface area contributed by atoms with E-state index in [4.69, 9.17) is 10.5 Å². The number of hydrogen-bond acceptors (Lipinski definition) is 5. The molecule has 7 heteroatoms. The Kier molecular flexibility index (Phi) is 4.94. The smallest absolute Gasteiger partial charge is 0.267 e. The van der Waals surface area contributed by atoms with E-state index in [1.54, 1.807) is 6.07 Å². The third kappa shape index (κ3) is 3.61. The van der Waals surface area contributed by atoms with Gasteiger partial charge in [0.25, 0.3) is 5.91 Å². The standard InChI is InChI=1S/C19H22BrN3O2S/c1-23-12-4-5-13(23)9-15(8-12)25-14-6-2-11(3-7-14)22-19(24)18-16(21)10-17(20)26-18/h2-3,6-7,10,12-13,15H,4-5,8-9,21H2,1H3,(H,22,24)/t12-,13+,15?. The maximum Gasteiger partial charge on any atom is 0.267 e. The first-order valence-corrected chi connectivity index (χ1v) is 10.5. The van der Waals surface area contributed by atoms with Gasteiger partial charge in [-0.2, -0.15) is 0 Å². The van der Waals surface area contributed by atoms with E-state index in [1.807, 2.05) is 24.3 Å². The Morgan fingerprint density at radius 3 is 2.50 bits per heavy atom. The summed E-state index contributed by atoms with van der Waals surface area (Å²) in [5.41, 5.74) is 7.07. The molecular weight excluding hydrogens is 414 g/mol. The Morgan fingerprint density at radius 2 is 1.92 bits per heavy atom. The normalized spacial score (nSPS) is 25.2. The van der Waals surface area contributed by atoms with Crippen molar-refractivity contribution in [1.29, 1.82) is 0 Å². The van der Waals surface area contributed by atoms with Gasteiger partial charge < -0.3 is 20.7 Å². The van der Waals surface area contributed by atoms with E-state index in [-0.39, 0.29) is 12.0 Å². The number of nitrogens with zero attached hydrogens (tertiary/aromatic N) is 1. The van der Waals surface area contributed by atoms with E-state index in [2.05, 4.69) is 33.2 Å². The number of ether oxygens (including phenoxy) is 1. The van der Waals surface area contributed by atoms with Crippen LogP contribution >= 0.6 is 27.3 Å². The lowest BCUT2D eigenvalue weighted by Gasteiger charge is -2.36. The molecule has 1 aromatic carbocycles. The minimum absolute atomic E-state index is 0.196. The number of halogens is 1. The maximum absolute atomic E-state index is 12.3. The van der Waals surface area contributed by atoms with E-state index in [1.165, 1.54) is 24.2 Å². The number of benzene rings is 1. The van der Waals surface area contributed by atoms with Crippen molar-refractivity contribution in [3.8, 4) is 5.75 Å². The predicted molar refractivity (Wildman–Crippen MR) is 109 cm³/mol. The lowest BCUT2D eigenvalue weighted by Crippen LogP contribution is -2.43. The van der Waals surface area contributed by atoms with Gasteiger partial charge in [-0.15, -0.1) is 11.3 Å². The highest BCUT2D eigenvalue weighted by Gasteiger charge is 2.39. The third-order valence-corrected chi connectivity index (χ3v) is 7.06. The first kappa shape index (κ1) is 17.8. The molecule has 138 valence electrons. The largest absolute Gasteiger partial charge is 0.490 e. The van der Waals surface area contributed by atoms with E-state index in [0.717, 1.165) is 28.1 Å². The number of amides is 1. The van der Waals surface area contributed by atoms with Crippen molar-refractivity contribution in [2.75, 3.05) is 18.1 Å². The lowest BCUT2D eigenvalue weighted by molar-refractivity contribution is 0.0662. The van der Waals surface area contributed by atoms with Crippen molar-refractivity contribution in [3.63, 3.8) is 0 Å². The van der Waals surface area contributed by atoms with E-state index in [9.17, 15) is 4.79 Å². The number of carbonyl (C=O) groups is 1. The number of nitrogens with two attached hydrogens (primary N) is 1. The Labute approximate surface area is 165 Å². The van der Waals surface area contributed by atoms with Crippen molar-refractivity contribution >= 4 is 44.5 Å². The van der Waals surface area contributed by atoms with Crippen molar-refractivity contribution in [2.24, 2.45) is 0 Å². The number of nitrogen functional groups attached to an aromatic ring is 1. The van der Waals surface area contributed by atoms with Crippen LogP contribution in [-0.2, 0) is 0 Å². The van der Waals surface area contributed by atoms with Gasteiger partial charge in [-0.3, -0.25) is 4.79 Å². The average molecular weight is 436 g/mol. The topological polar surface area (TPSA) is 67.6 Å². The zero-order chi connectivity index (χ0) is 18.3. The average Bonchev–Trinajstić information content (AvgIpc) is 3.03. The summed E-state index contributed by atoms with van der Waals surface area (Å²) in [5, 5.41) is 2.88. The van der Waals surface area contributed by atoms with Crippen LogP contribution in [0.1, 0.15) is 35.4 Å². The lowest BCUT2D eigenvalue weighted by atomic mass is 10.0. The fourth-order valence-electron chi connectivity index (χ4n) is 4.01. The van der Waals surface area contributed by atoms with Gasteiger partial charge in [0.2, 0.25) is 0 Å². The molecule has 2 aliphatic heterocycles. The summed E-state index contributed by atoms with van der Waals surface area (Å²) in [7, 11) is 2.23. The summed E-state index contributed by atoms with van der Waals surface area (Å²) in [6.45, 7) is 0. The highest BCUT2D eigenvalue weighted by molar-refractivity contribution is 9.11. The molecule has 0 spiro atoms. The van der Waals surface area contributed by atoms with Gasteiger partial charge in [-0.05, 0) is 79.0 Å². The Hall–Kier alpha value is -1.57. The first-order valence-electron chi connectivity index (χ1n) is 8.84. The third-order valence-electron chi connectivity index (χ3n) is 5.41. The predicted octanol–water partition coefficient (Wildman–Crippen LogP) is 4.35. The SMILES string of the molecule is CN1[C@@H]2CC[C@H]1CC(Oc1ccc(NC(=O)c3sc(Br)cc3N)cc1)C2.